The number of rotatable bonds is 2. The number of ether oxygens (including phenoxy) is 1. The number of anilines is 1. The molecule has 3 N–H and O–H groups in total. The van der Waals surface area contributed by atoms with Crippen molar-refractivity contribution in [2.24, 2.45) is 10.7 Å². The van der Waals surface area contributed by atoms with Crippen molar-refractivity contribution < 1.29 is 9.73 Å². The predicted octanol–water partition coefficient (Wildman–Crippen LogP) is 0.401. The number of nitrogens with one attached hydrogen (secondary N) is 1. The van der Waals surface area contributed by atoms with Gasteiger partial charge in [-0.05, 0) is 36.4 Å². The van der Waals surface area contributed by atoms with E-state index in [1.54, 1.807) is 0 Å². The van der Waals surface area contributed by atoms with E-state index in [1.165, 1.54) is 5.69 Å². The highest BCUT2D eigenvalue weighted by Crippen LogP contribution is 2.21. The van der Waals surface area contributed by atoms with Crippen LogP contribution in [-0.4, -0.2) is 38.0 Å². The van der Waals surface area contributed by atoms with Crippen molar-refractivity contribution in [1.82, 2.24) is 0 Å². The van der Waals surface area contributed by atoms with Gasteiger partial charge in [0.05, 0.1) is 24.3 Å². The molecule has 0 saturated carbocycles. The fourth-order valence-corrected chi connectivity index (χ4v) is 2.96. The molecule has 0 aromatic heterocycles. The molecule has 2 aromatic carbocycles. The van der Waals surface area contributed by atoms with Gasteiger partial charge in [-0.2, -0.15) is 0 Å². The molecule has 1 saturated heterocycles. The van der Waals surface area contributed by atoms with Gasteiger partial charge in [0.15, 0.2) is 0 Å². The van der Waals surface area contributed by atoms with E-state index in [0.717, 1.165) is 49.0 Å². The van der Waals surface area contributed by atoms with Crippen molar-refractivity contribution in [3.8, 4) is 0 Å². The summed E-state index contributed by atoms with van der Waals surface area (Å²) in [4.78, 5) is 10.2. The number of amidine groups is 2. The molecule has 0 bridgehead atoms. The lowest BCUT2D eigenvalue weighted by atomic mass is 10.1. The van der Waals surface area contributed by atoms with Gasteiger partial charge < -0.3 is 15.4 Å². The summed E-state index contributed by atoms with van der Waals surface area (Å²) in [5.74, 6) is 1.46. The van der Waals surface area contributed by atoms with Crippen molar-refractivity contribution in [2.45, 2.75) is 0 Å². The first kappa shape index (κ1) is 14.0. The van der Waals surface area contributed by atoms with Gasteiger partial charge in [0.1, 0.15) is 5.69 Å². The lowest BCUT2D eigenvalue weighted by molar-refractivity contribution is -0.311. The molecule has 5 heteroatoms. The van der Waals surface area contributed by atoms with Gasteiger partial charge in [0.2, 0.25) is 5.84 Å². The summed E-state index contributed by atoms with van der Waals surface area (Å²) >= 11 is 0. The van der Waals surface area contributed by atoms with Crippen LogP contribution in [0, 0.1) is 0 Å². The molecule has 0 unspecified atom stereocenters. The third-order valence-corrected chi connectivity index (χ3v) is 4.19. The summed E-state index contributed by atoms with van der Waals surface area (Å²) in [6.07, 6.45) is 0. The topological polar surface area (TPSA) is 64.8 Å². The molecule has 2 aliphatic heterocycles. The number of aliphatic imine (C=N–C) groups is 1. The zero-order valence-corrected chi connectivity index (χ0v) is 12.8. The molecular weight excluding hydrogens is 288 g/mol. The second-order valence-electron chi connectivity index (χ2n) is 5.66. The minimum Gasteiger partial charge on any atom is -0.378 e. The second kappa shape index (κ2) is 5.85. The third kappa shape index (κ3) is 2.71. The quantitative estimate of drug-likeness (QED) is 0.844. The smallest absolute Gasteiger partial charge is 0.269 e. The maximum Gasteiger partial charge on any atom is 0.269 e. The first-order valence-corrected chi connectivity index (χ1v) is 7.82. The van der Waals surface area contributed by atoms with Crippen LogP contribution in [-0.2, 0) is 4.74 Å². The number of hydrogen-bond donors (Lipinski definition) is 2. The van der Waals surface area contributed by atoms with Crippen molar-refractivity contribution in [1.29, 1.82) is 0 Å². The Morgan fingerprint density at radius 2 is 1.65 bits per heavy atom. The van der Waals surface area contributed by atoms with E-state index < -0.39 is 0 Å². The van der Waals surface area contributed by atoms with Crippen LogP contribution in [0.25, 0.3) is 0 Å². The van der Waals surface area contributed by atoms with Gasteiger partial charge in [-0.1, -0.05) is 12.1 Å². The monoisotopic (exact) mass is 307 g/mol. The molecule has 2 heterocycles. The van der Waals surface area contributed by atoms with Crippen LogP contribution in [0.4, 0.5) is 11.4 Å². The van der Waals surface area contributed by atoms with E-state index in [1.807, 2.05) is 36.4 Å². The van der Waals surface area contributed by atoms with E-state index in [-0.39, 0.29) is 0 Å². The SMILES string of the molecule is NC1=[NH+]C(=Nc2ccc(N3CCOCC3)cc2)c2ccccc21. The molecule has 1 fully saturated rings. The summed E-state index contributed by atoms with van der Waals surface area (Å²) in [7, 11) is 0. The molecular formula is C18H19N4O+. The van der Waals surface area contributed by atoms with Crippen LogP contribution >= 0.6 is 0 Å². The van der Waals surface area contributed by atoms with E-state index in [0.29, 0.717) is 5.84 Å². The van der Waals surface area contributed by atoms with Crippen LogP contribution < -0.4 is 15.6 Å². The van der Waals surface area contributed by atoms with Gasteiger partial charge in [0.25, 0.3) is 5.84 Å². The molecule has 2 aromatic rings. The molecule has 0 aliphatic carbocycles. The Labute approximate surface area is 135 Å². The molecule has 2 aliphatic rings. The number of nitrogens with zero attached hydrogens (tertiary/aromatic N) is 2. The Morgan fingerprint density at radius 1 is 0.957 bits per heavy atom. The minimum atomic E-state index is 0.657. The van der Waals surface area contributed by atoms with Crippen LogP contribution in [0.5, 0.6) is 0 Å². The van der Waals surface area contributed by atoms with Gasteiger partial charge in [0, 0.05) is 18.8 Å². The fraction of sp³-hybridized carbons (Fsp3) is 0.222. The van der Waals surface area contributed by atoms with Crippen molar-refractivity contribution in [3.63, 3.8) is 0 Å². The van der Waals surface area contributed by atoms with Crippen molar-refractivity contribution in [3.05, 3.63) is 59.7 Å². The van der Waals surface area contributed by atoms with Gasteiger partial charge >= 0.3 is 0 Å². The number of nitrogens with two attached hydrogens (primary N) is 1. The maximum atomic E-state index is 6.02. The molecule has 0 amide bonds. The Morgan fingerprint density at radius 3 is 2.39 bits per heavy atom. The zero-order chi connectivity index (χ0) is 15.6. The Hall–Kier alpha value is -2.66. The predicted molar refractivity (Wildman–Crippen MR) is 91.4 cm³/mol. The van der Waals surface area contributed by atoms with E-state index >= 15 is 0 Å². The average Bonchev–Trinajstić information content (AvgIpc) is 2.93. The third-order valence-electron chi connectivity index (χ3n) is 4.19. The number of nitrogen functional groups attached to an aromatic ring is 1. The Bertz CT molecular complexity index is 774. The Balaban J connectivity index is 1.60. The van der Waals surface area contributed by atoms with Crippen LogP contribution in [0.15, 0.2) is 53.5 Å². The molecule has 4 rings (SSSR count). The van der Waals surface area contributed by atoms with Crippen LogP contribution in [0.1, 0.15) is 11.1 Å². The summed E-state index contributed by atoms with van der Waals surface area (Å²) in [5, 5.41) is 0. The largest absolute Gasteiger partial charge is 0.378 e. The maximum absolute atomic E-state index is 6.02. The van der Waals surface area contributed by atoms with Crippen molar-refractivity contribution >= 4 is 23.0 Å². The van der Waals surface area contributed by atoms with Gasteiger partial charge in [-0.3, -0.25) is 0 Å². The normalized spacial score (nSPS) is 18.9. The van der Waals surface area contributed by atoms with E-state index in [2.05, 4.69) is 22.0 Å². The highest BCUT2D eigenvalue weighted by atomic mass is 16.5. The summed E-state index contributed by atoms with van der Waals surface area (Å²) in [6.45, 7) is 3.46. The average molecular weight is 307 g/mol. The zero-order valence-electron chi connectivity index (χ0n) is 12.8. The van der Waals surface area contributed by atoms with E-state index in [4.69, 9.17) is 15.5 Å². The number of hydrogen-bond acceptors (Lipinski definition) is 4. The molecule has 0 radical (unpaired) electrons. The summed E-state index contributed by atoms with van der Waals surface area (Å²) < 4.78 is 5.39. The second-order valence-corrected chi connectivity index (χ2v) is 5.66. The van der Waals surface area contributed by atoms with Crippen LogP contribution in [0.2, 0.25) is 0 Å². The summed E-state index contributed by atoms with van der Waals surface area (Å²) in [5.41, 5.74) is 10.2. The molecule has 0 spiro atoms. The number of fused-ring (bicyclic) bond motifs is 1. The summed E-state index contributed by atoms with van der Waals surface area (Å²) in [6, 6.07) is 16.3. The van der Waals surface area contributed by atoms with Gasteiger partial charge in [-0.15, -0.1) is 4.99 Å². The van der Waals surface area contributed by atoms with Crippen LogP contribution in [0.3, 0.4) is 0 Å². The first-order chi connectivity index (χ1) is 11.3. The highest BCUT2D eigenvalue weighted by molar-refractivity contribution is 6.12. The lowest BCUT2D eigenvalue weighted by Gasteiger charge is -2.28. The molecule has 0 atom stereocenters. The number of benzene rings is 2. The van der Waals surface area contributed by atoms with E-state index in [9.17, 15) is 0 Å². The highest BCUT2D eigenvalue weighted by Gasteiger charge is 2.23. The Kier molecular flexibility index (Phi) is 3.55. The minimum absolute atomic E-state index is 0.657. The first-order valence-electron chi connectivity index (χ1n) is 7.82. The van der Waals surface area contributed by atoms with Crippen molar-refractivity contribution in [2.75, 3.05) is 31.2 Å². The lowest BCUT2D eigenvalue weighted by Crippen LogP contribution is -2.76. The van der Waals surface area contributed by atoms with Gasteiger partial charge in [-0.25, -0.2) is 4.99 Å². The molecule has 5 nitrogen and oxygen atoms in total. The molecule has 23 heavy (non-hydrogen) atoms. The number of morpholine rings is 1. The standard InChI is InChI=1S/C18H18N4O/c19-17-15-3-1-2-4-16(15)18(21-17)20-13-5-7-14(8-6-13)22-9-11-23-12-10-22/h1-8H,9-12H2,(H2,19,20,21)/p+1. The fourth-order valence-electron chi connectivity index (χ4n) is 2.96. The molecule has 116 valence electrons.